The maximum atomic E-state index is 11.9. The van der Waals surface area contributed by atoms with Crippen LogP contribution in [0.15, 0.2) is 36.4 Å². The minimum Gasteiger partial charge on any atom is -0.462 e. The van der Waals surface area contributed by atoms with Crippen LogP contribution in [-0.2, 0) is 9.47 Å². The molecule has 0 amide bonds. The summed E-state index contributed by atoms with van der Waals surface area (Å²) in [6.07, 6.45) is 7.47. The maximum Gasteiger partial charge on any atom is 0.338 e. The summed E-state index contributed by atoms with van der Waals surface area (Å²) in [5, 5.41) is 0. The molecule has 4 heteroatoms. The number of allylic oxidation sites excluding steroid dienone is 1. The highest BCUT2D eigenvalue weighted by Crippen LogP contribution is 2.09. The van der Waals surface area contributed by atoms with E-state index in [0.717, 1.165) is 19.3 Å². The fraction of sp³-hybridized carbons (Fsp3) is 0.444. The molecule has 0 saturated carbocycles. The highest BCUT2D eigenvalue weighted by Gasteiger charge is 2.12. The molecule has 0 aliphatic rings. The Bertz CT molecular complexity index is 506. The normalized spacial score (nSPS) is 10.6. The predicted molar refractivity (Wildman–Crippen MR) is 86.0 cm³/mol. The van der Waals surface area contributed by atoms with Crippen molar-refractivity contribution in [1.82, 2.24) is 0 Å². The number of rotatable bonds is 9. The van der Waals surface area contributed by atoms with Crippen LogP contribution in [0.25, 0.3) is 0 Å². The van der Waals surface area contributed by atoms with Crippen LogP contribution in [0, 0.1) is 0 Å². The molecule has 0 bridgehead atoms. The van der Waals surface area contributed by atoms with Gasteiger partial charge in [0.2, 0.25) is 0 Å². The van der Waals surface area contributed by atoms with Gasteiger partial charge in [0.15, 0.2) is 0 Å². The Hall–Kier alpha value is -2.10. The third kappa shape index (κ3) is 6.57. The zero-order valence-corrected chi connectivity index (χ0v) is 13.3. The van der Waals surface area contributed by atoms with E-state index in [1.807, 2.05) is 26.0 Å². The maximum absolute atomic E-state index is 11.9. The van der Waals surface area contributed by atoms with Gasteiger partial charge in [0, 0.05) is 0 Å². The van der Waals surface area contributed by atoms with Gasteiger partial charge in [-0.05, 0) is 37.5 Å². The first-order valence-electron chi connectivity index (χ1n) is 7.78. The van der Waals surface area contributed by atoms with Crippen molar-refractivity contribution in [3.05, 3.63) is 47.5 Å². The van der Waals surface area contributed by atoms with Crippen molar-refractivity contribution < 1.29 is 19.1 Å². The Morgan fingerprint density at radius 3 is 2.23 bits per heavy atom. The summed E-state index contributed by atoms with van der Waals surface area (Å²) in [6.45, 7) is 4.81. The molecule has 0 aliphatic carbocycles. The Morgan fingerprint density at radius 2 is 1.64 bits per heavy atom. The molecule has 0 unspecified atom stereocenters. The molecule has 0 saturated heterocycles. The van der Waals surface area contributed by atoms with Gasteiger partial charge in [0.05, 0.1) is 24.3 Å². The van der Waals surface area contributed by atoms with Crippen molar-refractivity contribution in [2.45, 2.75) is 39.5 Å². The van der Waals surface area contributed by atoms with E-state index in [4.69, 9.17) is 9.47 Å². The standard InChI is InChI=1S/C18H24O4/c1-3-5-7-8-13-22-18(20)16-11-9-10-15(14-16)17(19)21-12-6-4-2/h5,7,9-11,14H,3-4,6,8,12-13H2,1-2H3/b7-5+. The molecule has 0 atom stereocenters. The van der Waals surface area contributed by atoms with Crippen molar-refractivity contribution in [2.75, 3.05) is 13.2 Å². The molecule has 22 heavy (non-hydrogen) atoms. The predicted octanol–water partition coefficient (Wildman–Crippen LogP) is 4.16. The molecule has 0 N–H and O–H groups in total. The number of carbonyl (C=O) groups excluding carboxylic acids is 2. The van der Waals surface area contributed by atoms with Crippen molar-refractivity contribution in [1.29, 1.82) is 0 Å². The van der Waals surface area contributed by atoms with E-state index in [0.29, 0.717) is 30.8 Å². The van der Waals surface area contributed by atoms with Gasteiger partial charge in [-0.25, -0.2) is 9.59 Å². The smallest absolute Gasteiger partial charge is 0.338 e. The third-order valence-electron chi connectivity index (χ3n) is 2.99. The van der Waals surface area contributed by atoms with Gasteiger partial charge in [-0.2, -0.15) is 0 Å². The van der Waals surface area contributed by atoms with Crippen LogP contribution < -0.4 is 0 Å². The minimum atomic E-state index is -0.423. The molecule has 1 aromatic rings. The van der Waals surface area contributed by atoms with E-state index in [9.17, 15) is 9.59 Å². The fourth-order valence-electron chi connectivity index (χ4n) is 1.75. The van der Waals surface area contributed by atoms with E-state index < -0.39 is 11.9 Å². The molecule has 1 rings (SSSR count). The number of carbonyl (C=O) groups is 2. The molecular formula is C18H24O4. The summed E-state index contributed by atoms with van der Waals surface area (Å²) >= 11 is 0. The fourth-order valence-corrected chi connectivity index (χ4v) is 1.75. The molecule has 0 fully saturated rings. The Labute approximate surface area is 132 Å². The summed E-state index contributed by atoms with van der Waals surface area (Å²) < 4.78 is 10.3. The van der Waals surface area contributed by atoms with Gasteiger partial charge in [-0.15, -0.1) is 0 Å². The summed E-state index contributed by atoms with van der Waals surface area (Å²) in [4.78, 5) is 23.8. The van der Waals surface area contributed by atoms with Gasteiger partial charge in [0.1, 0.15) is 0 Å². The molecular weight excluding hydrogens is 280 g/mol. The van der Waals surface area contributed by atoms with Crippen LogP contribution in [0.5, 0.6) is 0 Å². The molecule has 1 aromatic carbocycles. The summed E-state index contributed by atoms with van der Waals surface area (Å²) in [7, 11) is 0. The molecule has 0 spiro atoms. The number of benzene rings is 1. The second-order valence-corrected chi connectivity index (χ2v) is 4.87. The van der Waals surface area contributed by atoms with Crippen LogP contribution in [0.1, 0.15) is 60.2 Å². The lowest BCUT2D eigenvalue weighted by Gasteiger charge is -2.06. The van der Waals surface area contributed by atoms with E-state index >= 15 is 0 Å². The SMILES string of the molecule is CC/C=C/CCOC(=O)c1cccc(C(=O)OCCCC)c1. The monoisotopic (exact) mass is 304 g/mol. The van der Waals surface area contributed by atoms with Gasteiger partial charge < -0.3 is 9.47 Å². The third-order valence-corrected chi connectivity index (χ3v) is 2.99. The van der Waals surface area contributed by atoms with Crippen molar-refractivity contribution in [2.24, 2.45) is 0 Å². The molecule has 4 nitrogen and oxygen atoms in total. The summed E-state index contributed by atoms with van der Waals surface area (Å²) in [6, 6.07) is 6.44. The number of unbranched alkanes of at least 4 members (excludes halogenated alkanes) is 1. The van der Waals surface area contributed by atoms with Gasteiger partial charge in [-0.3, -0.25) is 0 Å². The zero-order valence-electron chi connectivity index (χ0n) is 13.3. The lowest BCUT2D eigenvalue weighted by Crippen LogP contribution is -2.10. The van der Waals surface area contributed by atoms with Crippen molar-refractivity contribution >= 4 is 11.9 Å². The number of hydrogen-bond donors (Lipinski definition) is 0. The van der Waals surface area contributed by atoms with E-state index in [-0.39, 0.29) is 0 Å². The number of esters is 2. The van der Waals surface area contributed by atoms with Crippen LogP contribution in [-0.4, -0.2) is 25.2 Å². The van der Waals surface area contributed by atoms with Crippen LogP contribution in [0.3, 0.4) is 0 Å². The van der Waals surface area contributed by atoms with Gasteiger partial charge >= 0.3 is 11.9 Å². The Kier molecular flexibility index (Phi) is 8.65. The Morgan fingerprint density at radius 1 is 1.00 bits per heavy atom. The summed E-state index contributed by atoms with van der Waals surface area (Å²) in [5.74, 6) is -0.831. The number of ether oxygens (including phenoxy) is 2. The summed E-state index contributed by atoms with van der Waals surface area (Å²) in [5.41, 5.74) is 0.737. The highest BCUT2D eigenvalue weighted by molar-refractivity contribution is 5.95. The van der Waals surface area contributed by atoms with Crippen LogP contribution in [0.2, 0.25) is 0 Å². The van der Waals surface area contributed by atoms with Crippen molar-refractivity contribution in [3.8, 4) is 0 Å². The Balaban J connectivity index is 2.53. The molecule has 0 heterocycles. The molecule has 0 radical (unpaired) electrons. The van der Waals surface area contributed by atoms with E-state index in [1.54, 1.807) is 18.2 Å². The van der Waals surface area contributed by atoms with Crippen LogP contribution in [0.4, 0.5) is 0 Å². The molecule has 0 aromatic heterocycles. The van der Waals surface area contributed by atoms with Crippen molar-refractivity contribution in [3.63, 3.8) is 0 Å². The minimum absolute atomic E-state index is 0.334. The largest absolute Gasteiger partial charge is 0.462 e. The first-order chi connectivity index (χ1) is 10.7. The molecule has 0 aliphatic heterocycles. The van der Waals surface area contributed by atoms with Gasteiger partial charge in [0.25, 0.3) is 0 Å². The molecule has 120 valence electrons. The first kappa shape index (κ1) is 18.0. The second kappa shape index (κ2) is 10.6. The second-order valence-electron chi connectivity index (χ2n) is 4.87. The first-order valence-corrected chi connectivity index (χ1v) is 7.78. The average molecular weight is 304 g/mol. The van der Waals surface area contributed by atoms with E-state index in [2.05, 4.69) is 0 Å². The van der Waals surface area contributed by atoms with E-state index in [1.165, 1.54) is 6.07 Å². The zero-order chi connectivity index (χ0) is 16.2. The van der Waals surface area contributed by atoms with Crippen LogP contribution >= 0.6 is 0 Å². The van der Waals surface area contributed by atoms with Gasteiger partial charge in [-0.1, -0.05) is 38.5 Å². The lowest BCUT2D eigenvalue weighted by molar-refractivity contribution is 0.0499. The average Bonchev–Trinajstić information content (AvgIpc) is 2.54. The highest BCUT2D eigenvalue weighted by atomic mass is 16.5. The topological polar surface area (TPSA) is 52.6 Å². The quantitative estimate of drug-likeness (QED) is 0.390. The lowest BCUT2D eigenvalue weighted by atomic mass is 10.1. The number of hydrogen-bond acceptors (Lipinski definition) is 4.